The van der Waals surface area contributed by atoms with E-state index in [1.807, 2.05) is 4.90 Å². The van der Waals surface area contributed by atoms with Crippen molar-refractivity contribution in [1.29, 1.82) is 0 Å². The SMILES string of the molecule is Oc1cccc(F)c1N1Cc2nc(OCC34CCCN3CCC4)nc3c2C(C1)OCC1C2CCC(CN31)N2. The second kappa shape index (κ2) is 8.66. The van der Waals surface area contributed by atoms with Crippen molar-refractivity contribution in [1.82, 2.24) is 20.2 Å². The number of hydrogen-bond donors (Lipinski definition) is 2. The largest absolute Gasteiger partial charge is 0.506 e. The Kier molecular flexibility index (Phi) is 5.29. The molecule has 4 atom stereocenters. The number of piperazine rings is 1. The highest BCUT2D eigenvalue weighted by Gasteiger charge is 2.48. The number of benzene rings is 1. The smallest absolute Gasteiger partial charge is 0.318 e. The van der Waals surface area contributed by atoms with Gasteiger partial charge in [-0.3, -0.25) is 4.90 Å². The van der Waals surface area contributed by atoms with Gasteiger partial charge in [0.25, 0.3) is 0 Å². The lowest BCUT2D eigenvalue weighted by atomic mass is 9.95. The number of aromatic hydroxyl groups is 1. The van der Waals surface area contributed by atoms with Gasteiger partial charge in [0.1, 0.15) is 35.8 Å². The van der Waals surface area contributed by atoms with Gasteiger partial charge in [-0.2, -0.15) is 9.97 Å². The summed E-state index contributed by atoms with van der Waals surface area (Å²) in [6.45, 7) is 5.12. The van der Waals surface area contributed by atoms with Crippen LogP contribution in [0.4, 0.5) is 15.9 Å². The molecule has 6 aliphatic heterocycles. The fourth-order valence-corrected chi connectivity index (χ4v) is 8.09. The van der Waals surface area contributed by atoms with Crippen LogP contribution >= 0.6 is 0 Å². The second-order valence-electron chi connectivity index (χ2n) is 12.0. The quantitative estimate of drug-likeness (QED) is 0.630. The molecule has 4 fully saturated rings. The van der Waals surface area contributed by atoms with Crippen LogP contribution in [0.1, 0.15) is 55.9 Å². The van der Waals surface area contributed by atoms with Crippen LogP contribution in [-0.4, -0.2) is 83.0 Å². The molecule has 6 aliphatic rings. The maximum Gasteiger partial charge on any atom is 0.318 e. The van der Waals surface area contributed by atoms with E-state index in [2.05, 4.69) is 15.1 Å². The molecule has 202 valence electrons. The molecular weight excluding hydrogens is 487 g/mol. The average Bonchev–Trinajstić information content (AvgIpc) is 3.57. The van der Waals surface area contributed by atoms with Crippen LogP contribution in [0.2, 0.25) is 0 Å². The van der Waals surface area contributed by atoms with Crippen LogP contribution in [-0.2, 0) is 11.3 Å². The summed E-state index contributed by atoms with van der Waals surface area (Å²) < 4.78 is 27.9. The van der Waals surface area contributed by atoms with Gasteiger partial charge in [-0.05, 0) is 63.7 Å². The number of nitrogens with zero attached hydrogens (tertiary/aromatic N) is 5. The lowest BCUT2D eigenvalue weighted by Gasteiger charge is -2.41. The molecule has 4 unspecified atom stereocenters. The van der Waals surface area contributed by atoms with Gasteiger partial charge in [0.2, 0.25) is 0 Å². The van der Waals surface area contributed by atoms with Gasteiger partial charge >= 0.3 is 6.01 Å². The number of phenolic OH excluding ortho intramolecular Hbond substituents is 1. The third kappa shape index (κ3) is 3.53. The summed E-state index contributed by atoms with van der Waals surface area (Å²) in [7, 11) is 0. The van der Waals surface area contributed by atoms with Gasteiger partial charge < -0.3 is 29.7 Å². The molecule has 0 aliphatic carbocycles. The van der Waals surface area contributed by atoms with E-state index >= 15 is 0 Å². The van der Waals surface area contributed by atoms with Crippen LogP contribution in [0.5, 0.6) is 11.8 Å². The van der Waals surface area contributed by atoms with E-state index in [0.29, 0.717) is 44.4 Å². The number of fused-ring (bicyclic) bond motifs is 6. The summed E-state index contributed by atoms with van der Waals surface area (Å²) >= 11 is 0. The van der Waals surface area contributed by atoms with E-state index in [9.17, 15) is 9.50 Å². The predicted octanol–water partition coefficient (Wildman–Crippen LogP) is 2.73. The van der Waals surface area contributed by atoms with Crippen molar-refractivity contribution in [3.8, 4) is 11.8 Å². The third-order valence-corrected chi connectivity index (χ3v) is 9.89. The van der Waals surface area contributed by atoms with Crippen molar-refractivity contribution >= 4 is 11.5 Å². The van der Waals surface area contributed by atoms with E-state index in [1.54, 1.807) is 0 Å². The van der Waals surface area contributed by atoms with Crippen LogP contribution in [0.25, 0.3) is 0 Å². The predicted molar refractivity (Wildman–Crippen MR) is 139 cm³/mol. The number of rotatable bonds is 4. The monoisotopic (exact) mass is 522 g/mol. The Balaban J connectivity index is 1.19. The zero-order valence-corrected chi connectivity index (χ0v) is 21.6. The lowest BCUT2D eigenvalue weighted by molar-refractivity contribution is 0.0412. The molecule has 7 heterocycles. The number of hydrogen-bond acceptors (Lipinski definition) is 9. The molecule has 0 spiro atoms. The van der Waals surface area contributed by atoms with Gasteiger partial charge in [0, 0.05) is 30.7 Å². The first-order valence-corrected chi connectivity index (χ1v) is 14.2. The third-order valence-electron chi connectivity index (χ3n) is 9.89. The molecule has 0 amide bonds. The summed E-state index contributed by atoms with van der Waals surface area (Å²) in [5.74, 6) is 0.391. The zero-order valence-electron chi connectivity index (χ0n) is 21.6. The Labute approximate surface area is 221 Å². The van der Waals surface area contributed by atoms with Gasteiger partial charge in [0.05, 0.1) is 30.4 Å². The van der Waals surface area contributed by atoms with Crippen molar-refractivity contribution in [2.75, 3.05) is 49.2 Å². The van der Waals surface area contributed by atoms with Gasteiger partial charge in [-0.25, -0.2) is 4.39 Å². The minimum absolute atomic E-state index is 0.0755. The first kappa shape index (κ1) is 23.2. The van der Waals surface area contributed by atoms with Crippen LogP contribution < -0.4 is 19.9 Å². The van der Waals surface area contributed by atoms with E-state index in [0.717, 1.165) is 62.4 Å². The molecular formula is C28H35FN6O3. The fraction of sp³-hybridized carbons (Fsp3) is 0.643. The molecule has 38 heavy (non-hydrogen) atoms. The van der Waals surface area contributed by atoms with Crippen molar-refractivity contribution in [2.45, 2.75) is 74.8 Å². The molecule has 8 rings (SSSR count). The normalized spacial score (nSPS) is 31.1. The Morgan fingerprint density at radius 1 is 1.16 bits per heavy atom. The van der Waals surface area contributed by atoms with Gasteiger partial charge in [-0.15, -0.1) is 0 Å². The summed E-state index contributed by atoms with van der Waals surface area (Å²) in [5, 5.41) is 14.3. The van der Waals surface area contributed by atoms with E-state index < -0.39 is 5.82 Å². The second-order valence-corrected chi connectivity index (χ2v) is 12.0. The molecule has 2 aromatic rings. The van der Waals surface area contributed by atoms with Crippen molar-refractivity contribution in [2.24, 2.45) is 0 Å². The molecule has 10 heteroatoms. The lowest BCUT2D eigenvalue weighted by Crippen LogP contribution is -2.59. The highest BCUT2D eigenvalue weighted by molar-refractivity contribution is 5.63. The standard InChI is InChI=1S/C28H35FN6O3/c29-18-4-1-5-22(36)25(18)33-13-20-24-23(14-33)37-15-21-19-7-6-17(30-19)12-35(21)26(24)32-27(31-20)38-16-28-8-2-10-34(28)11-3-9-28/h1,4-5,17,19,21,23,30,36H,2-3,6-16H2. The van der Waals surface area contributed by atoms with Crippen LogP contribution in [0, 0.1) is 5.82 Å². The van der Waals surface area contributed by atoms with Crippen molar-refractivity contribution in [3.05, 3.63) is 35.3 Å². The first-order chi connectivity index (χ1) is 18.6. The van der Waals surface area contributed by atoms with Crippen LogP contribution in [0.15, 0.2) is 18.2 Å². The maximum atomic E-state index is 14.9. The number of anilines is 2. The summed E-state index contributed by atoms with van der Waals surface area (Å²) in [6, 6.07) is 5.82. The van der Waals surface area contributed by atoms with Crippen molar-refractivity contribution < 1.29 is 19.0 Å². The first-order valence-electron chi connectivity index (χ1n) is 14.2. The van der Waals surface area contributed by atoms with Gasteiger partial charge in [-0.1, -0.05) is 6.07 Å². The summed E-state index contributed by atoms with van der Waals surface area (Å²) in [6.07, 6.45) is 6.72. The Morgan fingerprint density at radius 3 is 2.87 bits per heavy atom. The number of aromatic nitrogens is 2. The molecule has 4 saturated heterocycles. The molecule has 2 N–H and O–H groups in total. The average molecular weight is 523 g/mol. The molecule has 9 nitrogen and oxygen atoms in total. The maximum absolute atomic E-state index is 14.9. The number of ether oxygens (including phenoxy) is 2. The molecule has 1 aromatic carbocycles. The molecule has 2 bridgehead atoms. The van der Waals surface area contributed by atoms with E-state index in [1.165, 1.54) is 31.0 Å². The van der Waals surface area contributed by atoms with Gasteiger partial charge in [0.15, 0.2) is 0 Å². The van der Waals surface area contributed by atoms with Crippen molar-refractivity contribution in [3.63, 3.8) is 0 Å². The van der Waals surface area contributed by atoms with E-state index in [4.69, 9.17) is 19.4 Å². The summed E-state index contributed by atoms with van der Waals surface area (Å²) in [5.41, 5.74) is 2.08. The zero-order chi connectivity index (χ0) is 25.4. The minimum atomic E-state index is -0.451. The number of nitrogens with one attached hydrogen (secondary N) is 1. The number of halogens is 1. The molecule has 1 aromatic heterocycles. The Hall–Kier alpha value is -2.69. The minimum Gasteiger partial charge on any atom is -0.506 e. The Bertz CT molecular complexity index is 1230. The van der Waals surface area contributed by atoms with Crippen LogP contribution in [0.3, 0.4) is 0 Å². The number of para-hydroxylation sites is 1. The molecule has 0 radical (unpaired) electrons. The fourth-order valence-electron chi connectivity index (χ4n) is 8.09. The highest BCUT2D eigenvalue weighted by atomic mass is 19.1. The highest BCUT2D eigenvalue weighted by Crippen LogP contribution is 2.45. The topological polar surface area (TPSA) is 86.2 Å². The molecule has 0 saturated carbocycles. The van der Waals surface area contributed by atoms with E-state index in [-0.39, 0.29) is 29.1 Å². The number of phenols is 1. The Morgan fingerprint density at radius 2 is 2.03 bits per heavy atom. The summed E-state index contributed by atoms with van der Waals surface area (Å²) in [4.78, 5) is 16.9.